The summed E-state index contributed by atoms with van der Waals surface area (Å²) in [6, 6.07) is 4.06. The standard InChI is InChI=1S/C15H18F2N2/c1-9-4-11(7-15(2,3)8-18)19-14-12(9)5-10(16)6-13(14)17/h4-6H,7-8,18H2,1-3H3. The van der Waals surface area contributed by atoms with E-state index in [0.29, 0.717) is 18.4 Å². The molecule has 0 saturated carbocycles. The van der Waals surface area contributed by atoms with E-state index in [2.05, 4.69) is 4.98 Å². The lowest BCUT2D eigenvalue weighted by Crippen LogP contribution is -2.26. The van der Waals surface area contributed by atoms with Crippen molar-refractivity contribution in [2.75, 3.05) is 6.54 Å². The zero-order valence-electron chi connectivity index (χ0n) is 11.4. The van der Waals surface area contributed by atoms with Gasteiger partial charge in [0.25, 0.3) is 0 Å². The van der Waals surface area contributed by atoms with Gasteiger partial charge in [-0.2, -0.15) is 0 Å². The van der Waals surface area contributed by atoms with E-state index >= 15 is 0 Å². The second kappa shape index (κ2) is 4.85. The highest BCUT2D eigenvalue weighted by atomic mass is 19.1. The molecular weight excluding hydrogens is 246 g/mol. The Balaban J connectivity index is 2.56. The molecule has 19 heavy (non-hydrogen) atoms. The Morgan fingerprint density at radius 1 is 1.21 bits per heavy atom. The third kappa shape index (κ3) is 2.89. The Hall–Kier alpha value is -1.55. The number of nitrogens with zero attached hydrogens (tertiary/aromatic N) is 1. The summed E-state index contributed by atoms with van der Waals surface area (Å²) in [5, 5.41) is 0.520. The Morgan fingerprint density at radius 3 is 2.53 bits per heavy atom. The molecule has 2 N–H and O–H groups in total. The highest BCUT2D eigenvalue weighted by molar-refractivity contribution is 5.82. The van der Waals surface area contributed by atoms with Gasteiger partial charge in [-0.3, -0.25) is 0 Å². The van der Waals surface area contributed by atoms with Gasteiger partial charge in [-0.05, 0) is 43.0 Å². The molecule has 0 aliphatic heterocycles. The third-order valence-corrected chi connectivity index (χ3v) is 3.30. The van der Waals surface area contributed by atoms with Crippen LogP contribution in [0.25, 0.3) is 10.9 Å². The fraction of sp³-hybridized carbons (Fsp3) is 0.400. The maximum absolute atomic E-state index is 13.8. The molecule has 2 rings (SSSR count). The Morgan fingerprint density at radius 2 is 1.89 bits per heavy atom. The predicted octanol–water partition coefficient (Wildman–Crippen LogP) is 3.35. The first-order chi connectivity index (χ1) is 8.82. The molecule has 0 bridgehead atoms. The molecule has 0 atom stereocenters. The summed E-state index contributed by atoms with van der Waals surface area (Å²) < 4.78 is 27.0. The molecule has 102 valence electrons. The van der Waals surface area contributed by atoms with Crippen LogP contribution in [-0.4, -0.2) is 11.5 Å². The van der Waals surface area contributed by atoms with Crippen molar-refractivity contribution in [3.05, 3.63) is 41.1 Å². The zero-order valence-corrected chi connectivity index (χ0v) is 11.4. The lowest BCUT2D eigenvalue weighted by atomic mass is 9.87. The van der Waals surface area contributed by atoms with Crippen LogP contribution >= 0.6 is 0 Å². The summed E-state index contributed by atoms with van der Waals surface area (Å²) >= 11 is 0. The molecule has 4 heteroatoms. The van der Waals surface area contributed by atoms with Gasteiger partial charge in [0.05, 0.1) is 0 Å². The van der Waals surface area contributed by atoms with Crippen LogP contribution in [0.3, 0.4) is 0 Å². The van der Waals surface area contributed by atoms with Crippen molar-refractivity contribution in [1.82, 2.24) is 4.98 Å². The van der Waals surface area contributed by atoms with Gasteiger partial charge in [-0.15, -0.1) is 0 Å². The fourth-order valence-corrected chi connectivity index (χ4v) is 2.14. The van der Waals surface area contributed by atoms with E-state index < -0.39 is 11.6 Å². The Bertz CT molecular complexity index is 621. The van der Waals surface area contributed by atoms with Crippen molar-refractivity contribution < 1.29 is 8.78 Å². The molecule has 0 amide bonds. The van der Waals surface area contributed by atoms with E-state index in [1.165, 1.54) is 6.07 Å². The van der Waals surface area contributed by atoms with Gasteiger partial charge in [0.15, 0.2) is 5.82 Å². The molecule has 0 aliphatic carbocycles. The number of hydrogen-bond acceptors (Lipinski definition) is 2. The number of nitrogens with two attached hydrogens (primary N) is 1. The molecular formula is C15H18F2N2. The molecule has 0 fully saturated rings. The number of pyridine rings is 1. The molecule has 0 aliphatic rings. The Labute approximate surface area is 111 Å². The third-order valence-electron chi connectivity index (χ3n) is 3.30. The molecule has 0 spiro atoms. The van der Waals surface area contributed by atoms with Crippen LogP contribution in [0, 0.1) is 24.0 Å². The zero-order chi connectivity index (χ0) is 14.2. The first kappa shape index (κ1) is 13.9. The van der Waals surface area contributed by atoms with Crippen molar-refractivity contribution in [3.63, 3.8) is 0 Å². The van der Waals surface area contributed by atoms with Crippen LogP contribution in [-0.2, 0) is 6.42 Å². The van der Waals surface area contributed by atoms with Crippen molar-refractivity contribution >= 4 is 10.9 Å². The quantitative estimate of drug-likeness (QED) is 0.923. The minimum absolute atomic E-state index is 0.0936. The van der Waals surface area contributed by atoms with Gasteiger partial charge in [0, 0.05) is 17.1 Å². The Kier molecular flexibility index (Phi) is 3.54. The van der Waals surface area contributed by atoms with Crippen LogP contribution in [0.5, 0.6) is 0 Å². The highest BCUT2D eigenvalue weighted by Gasteiger charge is 2.18. The maximum atomic E-state index is 13.8. The average Bonchev–Trinajstić information content (AvgIpc) is 2.30. The lowest BCUT2D eigenvalue weighted by molar-refractivity contribution is 0.373. The fourth-order valence-electron chi connectivity index (χ4n) is 2.14. The lowest BCUT2D eigenvalue weighted by Gasteiger charge is -2.22. The first-order valence-corrected chi connectivity index (χ1v) is 6.28. The molecule has 2 aromatic rings. The first-order valence-electron chi connectivity index (χ1n) is 6.28. The number of fused-ring (bicyclic) bond motifs is 1. The summed E-state index contributed by atoms with van der Waals surface area (Å²) in [4.78, 5) is 4.31. The van der Waals surface area contributed by atoms with Gasteiger partial charge < -0.3 is 5.73 Å². The van der Waals surface area contributed by atoms with Gasteiger partial charge in [0.1, 0.15) is 11.3 Å². The van der Waals surface area contributed by atoms with E-state index in [0.717, 1.165) is 17.3 Å². The number of hydrogen-bond donors (Lipinski definition) is 1. The molecule has 0 saturated heterocycles. The van der Waals surface area contributed by atoms with Crippen LogP contribution < -0.4 is 5.73 Å². The van der Waals surface area contributed by atoms with Crippen molar-refractivity contribution in [2.45, 2.75) is 27.2 Å². The van der Waals surface area contributed by atoms with Gasteiger partial charge >= 0.3 is 0 Å². The molecule has 2 nitrogen and oxygen atoms in total. The normalized spacial score (nSPS) is 12.1. The molecule has 1 aromatic heterocycles. The van der Waals surface area contributed by atoms with Crippen LogP contribution in [0.1, 0.15) is 25.1 Å². The number of halogens is 2. The monoisotopic (exact) mass is 264 g/mol. The smallest absolute Gasteiger partial charge is 0.152 e. The van der Waals surface area contributed by atoms with E-state index in [-0.39, 0.29) is 10.9 Å². The SMILES string of the molecule is Cc1cc(CC(C)(C)CN)nc2c(F)cc(F)cc12. The van der Waals surface area contributed by atoms with Gasteiger partial charge in [0.2, 0.25) is 0 Å². The second-order valence-corrected chi connectivity index (χ2v) is 5.76. The van der Waals surface area contributed by atoms with Crippen molar-refractivity contribution in [3.8, 4) is 0 Å². The van der Waals surface area contributed by atoms with E-state index in [1.807, 2.05) is 26.8 Å². The molecule has 0 unspecified atom stereocenters. The largest absolute Gasteiger partial charge is 0.330 e. The van der Waals surface area contributed by atoms with Gasteiger partial charge in [-0.1, -0.05) is 13.8 Å². The van der Waals surface area contributed by atoms with Crippen LogP contribution in [0.4, 0.5) is 8.78 Å². The minimum atomic E-state index is -0.620. The van der Waals surface area contributed by atoms with Crippen LogP contribution in [0.15, 0.2) is 18.2 Å². The topological polar surface area (TPSA) is 38.9 Å². The van der Waals surface area contributed by atoms with E-state index in [4.69, 9.17) is 5.73 Å². The average molecular weight is 264 g/mol. The molecule has 1 heterocycles. The summed E-state index contributed by atoms with van der Waals surface area (Å²) in [5.74, 6) is -1.20. The second-order valence-electron chi connectivity index (χ2n) is 5.76. The number of aryl methyl sites for hydroxylation is 1. The predicted molar refractivity (Wildman–Crippen MR) is 72.9 cm³/mol. The maximum Gasteiger partial charge on any atom is 0.152 e. The van der Waals surface area contributed by atoms with Crippen molar-refractivity contribution in [1.29, 1.82) is 0 Å². The summed E-state index contributed by atoms with van der Waals surface area (Å²) in [7, 11) is 0. The number of benzene rings is 1. The van der Waals surface area contributed by atoms with E-state index in [9.17, 15) is 8.78 Å². The minimum Gasteiger partial charge on any atom is -0.330 e. The molecule has 1 aromatic carbocycles. The van der Waals surface area contributed by atoms with E-state index in [1.54, 1.807) is 0 Å². The summed E-state index contributed by atoms with van der Waals surface area (Å²) in [6.45, 7) is 6.43. The summed E-state index contributed by atoms with van der Waals surface area (Å²) in [6.07, 6.45) is 0.664. The van der Waals surface area contributed by atoms with Crippen molar-refractivity contribution in [2.24, 2.45) is 11.1 Å². The van der Waals surface area contributed by atoms with Crippen LogP contribution in [0.2, 0.25) is 0 Å². The van der Waals surface area contributed by atoms with Gasteiger partial charge in [-0.25, -0.2) is 13.8 Å². The summed E-state index contributed by atoms with van der Waals surface area (Å²) in [5.41, 5.74) is 7.44. The number of aromatic nitrogens is 1. The highest BCUT2D eigenvalue weighted by Crippen LogP contribution is 2.25. The molecule has 0 radical (unpaired) electrons. The number of rotatable bonds is 3.